The second kappa shape index (κ2) is 5.58. The molecule has 0 aromatic heterocycles. The SMILES string of the molecule is O=S(=O)(NCC1(CCO)CC1)c1ccc(Cl)c(Cl)c1. The molecule has 0 aliphatic heterocycles. The second-order valence-electron chi connectivity index (χ2n) is 4.87. The number of hydrogen-bond acceptors (Lipinski definition) is 3. The molecule has 19 heavy (non-hydrogen) atoms. The standard InChI is InChI=1S/C12H15Cl2NO3S/c13-10-2-1-9(7-11(10)14)19(17,18)15-8-12(3-4-12)5-6-16/h1-2,7,15-16H,3-6,8H2. The van der Waals surface area contributed by atoms with Crippen LogP contribution >= 0.6 is 23.2 Å². The molecule has 1 saturated carbocycles. The molecule has 0 amide bonds. The van der Waals surface area contributed by atoms with Gasteiger partial charge >= 0.3 is 0 Å². The average molecular weight is 324 g/mol. The van der Waals surface area contributed by atoms with Crippen molar-refractivity contribution in [2.24, 2.45) is 5.41 Å². The molecular weight excluding hydrogens is 309 g/mol. The highest BCUT2D eigenvalue weighted by atomic mass is 35.5. The van der Waals surface area contributed by atoms with Crippen LogP contribution in [0.1, 0.15) is 19.3 Å². The predicted molar refractivity (Wildman–Crippen MR) is 75.0 cm³/mol. The van der Waals surface area contributed by atoms with E-state index in [0.29, 0.717) is 18.0 Å². The normalized spacial score (nSPS) is 17.4. The van der Waals surface area contributed by atoms with Gasteiger partial charge in [0.25, 0.3) is 0 Å². The lowest BCUT2D eigenvalue weighted by Gasteiger charge is -2.15. The fourth-order valence-corrected chi connectivity index (χ4v) is 3.45. The monoisotopic (exact) mass is 323 g/mol. The summed E-state index contributed by atoms with van der Waals surface area (Å²) in [4.78, 5) is 0.0988. The number of aliphatic hydroxyl groups is 1. The van der Waals surface area contributed by atoms with Gasteiger partial charge in [-0.1, -0.05) is 23.2 Å². The minimum Gasteiger partial charge on any atom is -0.396 e. The van der Waals surface area contributed by atoms with Crippen molar-refractivity contribution in [2.75, 3.05) is 13.2 Å². The molecule has 106 valence electrons. The molecule has 1 aromatic rings. The molecule has 7 heteroatoms. The number of halogens is 2. The molecule has 0 unspecified atom stereocenters. The molecule has 1 aliphatic carbocycles. The smallest absolute Gasteiger partial charge is 0.240 e. The molecule has 0 radical (unpaired) electrons. The zero-order valence-electron chi connectivity index (χ0n) is 10.2. The van der Waals surface area contributed by atoms with Gasteiger partial charge in [-0.3, -0.25) is 0 Å². The molecular formula is C12H15Cl2NO3S. The minimum absolute atomic E-state index is 0.0714. The molecule has 1 aliphatic rings. The highest BCUT2D eigenvalue weighted by Crippen LogP contribution is 2.48. The van der Waals surface area contributed by atoms with Crippen LogP contribution in [-0.2, 0) is 10.0 Å². The van der Waals surface area contributed by atoms with Crippen LogP contribution in [0.2, 0.25) is 10.0 Å². The van der Waals surface area contributed by atoms with Crippen LogP contribution in [0.25, 0.3) is 0 Å². The summed E-state index contributed by atoms with van der Waals surface area (Å²) in [6.07, 6.45) is 2.51. The summed E-state index contributed by atoms with van der Waals surface area (Å²) in [6.45, 7) is 0.421. The van der Waals surface area contributed by atoms with Crippen molar-refractivity contribution >= 4 is 33.2 Å². The van der Waals surface area contributed by atoms with Gasteiger partial charge in [0.05, 0.1) is 14.9 Å². The summed E-state index contributed by atoms with van der Waals surface area (Å²) < 4.78 is 26.8. The van der Waals surface area contributed by atoms with Crippen LogP contribution in [0.15, 0.2) is 23.1 Å². The lowest BCUT2D eigenvalue weighted by Crippen LogP contribution is -2.30. The Bertz CT molecular complexity index is 570. The van der Waals surface area contributed by atoms with Gasteiger partial charge in [0.1, 0.15) is 0 Å². The van der Waals surface area contributed by atoms with Crippen molar-refractivity contribution in [1.82, 2.24) is 4.72 Å². The van der Waals surface area contributed by atoms with Crippen molar-refractivity contribution < 1.29 is 13.5 Å². The highest BCUT2D eigenvalue weighted by molar-refractivity contribution is 7.89. The maximum atomic E-state index is 12.1. The molecule has 0 heterocycles. The third-order valence-electron chi connectivity index (χ3n) is 3.44. The Morgan fingerprint density at radius 1 is 1.26 bits per heavy atom. The molecule has 1 fully saturated rings. The third-order valence-corrected chi connectivity index (χ3v) is 5.58. The summed E-state index contributed by atoms with van der Waals surface area (Å²) in [5.74, 6) is 0. The van der Waals surface area contributed by atoms with Gasteiger partial charge in [0.2, 0.25) is 10.0 Å². The average Bonchev–Trinajstić information content (AvgIpc) is 3.11. The number of sulfonamides is 1. The van der Waals surface area contributed by atoms with Crippen molar-refractivity contribution in [1.29, 1.82) is 0 Å². The van der Waals surface area contributed by atoms with Crippen molar-refractivity contribution in [2.45, 2.75) is 24.2 Å². The zero-order valence-corrected chi connectivity index (χ0v) is 12.5. The van der Waals surface area contributed by atoms with Gasteiger partial charge in [-0.2, -0.15) is 0 Å². The van der Waals surface area contributed by atoms with Gasteiger partial charge in [0, 0.05) is 13.2 Å². The Morgan fingerprint density at radius 3 is 2.47 bits per heavy atom. The lowest BCUT2D eigenvalue weighted by molar-refractivity contribution is 0.249. The fraction of sp³-hybridized carbons (Fsp3) is 0.500. The van der Waals surface area contributed by atoms with Crippen LogP contribution in [0.3, 0.4) is 0 Å². The van der Waals surface area contributed by atoms with E-state index in [4.69, 9.17) is 28.3 Å². The van der Waals surface area contributed by atoms with E-state index in [0.717, 1.165) is 12.8 Å². The summed E-state index contributed by atoms with van der Waals surface area (Å²) in [6, 6.07) is 4.21. The number of rotatable bonds is 6. The summed E-state index contributed by atoms with van der Waals surface area (Å²) in [7, 11) is -3.59. The van der Waals surface area contributed by atoms with Crippen molar-refractivity contribution in [3.63, 3.8) is 0 Å². The zero-order chi connectivity index (χ0) is 14.1. The number of nitrogens with one attached hydrogen (secondary N) is 1. The Kier molecular flexibility index (Phi) is 4.42. The quantitative estimate of drug-likeness (QED) is 0.845. The molecule has 1 aromatic carbocycles. The van der Waals surface area contributed by atoms with E-state index in [1.165, 1.54) is 18.2 Å². The first-order valence-corrected chi connectivity index (χ1v) is 8.18. The van der Waals surface area contributed by atoms with Crippen molar-refractivity contribution in [3.8, 4) is 0 Å². The molecule has 2 N–H and O–H groups in total. The predicted octanol–water partition coefficient (Wildman–Crippen LogP) is 2.43. The molecule has 4 nitrogen and oxygen atoms in total. The van der Waals surface area contributed by atoms with Crippen LogP contribution in [0, 0.1) is 5.41 Å². The molecule has 2 rings (SSSR count). The third kappa shape index (κ3) is 3.61. The van der Waals surface area contributed by atoms with E-state index < -0.39 is 10.0 Å². The van der Waals surface area contributed by atoms with Crippen LogP contribution in [-0.4, -0.2) is 26.7 Å². The van der Waals surface area contributed by atoms with E-state index in [-0.39, 0.29) is 21.9 Å². The number of hydrogen-bond donors (Lipinski definition) is 2. The Balaban J connectivity index is 2.08. The second-order valence-corrected chi connectivity index (χ2v) is 7.46. The fourth-order valence-electron chi connectivity index (χ4n) is 1.90. The largest absolute Gasteiger partial charge is 0.396 e. The van der Waals surface area contributed by atoms with E-state index in [9.17, 15) is 8.42 Å². The summed E-state index contributed by atoms with van der Waals surface area (Å²) in [5, 5.41) is 9.47. The Hall–Kier alpha value is -0.330. The lowest BCUT2D eigenvalue weighted by atomic mass is 10.0. The van der Waals surface area contributed by atoms with Crippen LogP contribution < -0.4 is 4.72 Å². The molecule has 0 saturated heterocycles. The molecule has 0 spiro atoms. The van der Waals surface area contributed by atoms with Gasteiger partial charge in [-0.25, -0.2) is 13.1 Å². The Morgan fingerprint density at radius 2 is 1.95 bits per heavy atom. The van der Waals surface area contributed by atoms with Crippen LogP contribution in [0.4, 0.5) is 0 Å². The topological polar surface area (TPSA) is 66.4 Å². The highest BCUT2D eigenvalue weighted by Gasteiger charge is 2.42. The van der Waals surface area contributed by atoms with E-state index >= 15 is 0 Å². The minimum atomic E-state index is -3.59. The first kappa shape index (κ1) is 15.1. The van der Waals surface area contributed by atoms with Crippen molar-refractivity contribution in [3.05, 3.63) is 28.2 Å². The molecule has 0 bridgehead atoms. The maximum absolute atomic E-state index is 12.1. The molecule has 0 atom stereocenters. The van der Waals surface area contributed by atoms with Gasteiger partial charge in [0.15, 0.2) is 0 Å². The summed E-state index contributed by atoms with van der Waals surface area (Å²) >= 11 is 11.6. The summed E-state index contributed by atoms with van der Waals surface area (Å²) in [5.41, 5.74) is -0.0714. The maximum Gasteiger partial charge on any atom is 0.240 e. The van der Waals surface area contributed by atoms with Gasteiger partial charge in [-0.15, -0.1) is 0 Å². The first-order valence-electron chi connectivity index (χ1n) is 5.94. The van der Waals surface area contributed by atoms with E-state index in [1.807, 2.05) is 0 Å². The number of aliphatic hydroxyl groups excluding tert-OH is 1. The number of benzene rings is 1. The van der Waals surface area contributed by atoms with E-state index in [1.54, 1.807) is 0 Å². The van der Waals surface area contributed by atoms with E-state index in [2.05, 4.69) is 4.72 Å². The first-order chi connectivity index (χ1) is 8.88. The van der Waals surface area contributed by atoms with Crippen LogP contribution in [0.5, 0.6) is 0 Å². The Labute approximate surface area is 122 Å². The van der Waals surface area contributed by atoms with Gasteiger partial charge < -0.3 is 5.11 Å². The van der Waals surface area contributed by atoms with Gasteiger partial charge in [-0.05, 0) is 42.9 Å².